The Hall–Kier alpha value is -0.410. The average molecular weight is 183 g/mol. The van der Waals surface area contributed by atoms with Crippen molar-refractivity contribution in [2.24, 2.45) is 5.92 Å². The van der Waals surface area contributed by atoms with Gasteiger partial charge in [0.15, 0.2) is 0 Å². The summed E-state index contributed by atoms with van der Waals surface area (Å²) in [4.78, 5) is 4.17. The second-order valence-electron chi connectivity index (χ2n) is 3.84. The van der Waals surface area contributed by atoms with Gasteiger partial charge in [0.2, 0.25) is 0 Å². The fourth-order valence-electron chi connectivity index (χ4n) is 2.00. The van der Waals surface area contributed by atoms with Crippen molar-refractivity contribution in [1.82, 2.24) is 4.98 Å². The molecule has 0 bridgehead atoms. The fourth-order valence-corrected chi connectivity index (χ4v) is 2.76. The predicted molar refractivity (Wildman–Crippen MR) is 49.2 cm³/mol. The Morgan fingerprint density at radius 2 is 2.50 bits per heavy atom. The van der Waals surface area contributed by atoms with E-state index >= 15 is 0 Å². The van der Waals surface area contributed by atoms with E-state index in [1.54, 1.807) is 17.5 Å². The van der Waals surface area contributed by atoms with Crippen molar-refractivity contribution >= 4 is 11.3 Å². The standard InChI is InChI=1S/C9H13NOS/c1-7-4-9(11,5-7)6-8-10-2-3-12-8/h2-3,7,11H,4-6H2,1H3. The van der Waals surface area contributed by atoms with Gasteiger partial charge in [0, 0.05) is 18.0 Å². The van der Waals surface area contributed by atoms with E-state index in [2.05, 4.69) is 11.9 Å². The number of hydrogen-bond donors (Lipinski definition) is 1. The monoisotopic (exact) mass is 183 g/mol. The molecule has 66 valence electrons. The molecule has 2 nitrogen and oxygen atoms in total. The van der Waals surface area contributed by atoms with Gasteiger partial charge in [-0.25, -0.2) is 4.98 Å². The van der Waals surface area contributed by atoms with E-state index < -0.39 is 5.60 Å². The molecule has 1 aliphatic rings. The Morgan fingerprint density at radius 3 is 3.00 bits per heavy atom. The van der Waals surface area contributed by atoms with Crippen LogP contribution >= 0.6 is 11.3 Å². The van der Waals surface area contributed by atoms with Crippen LogP contribution in [-0.2, 0) is 6.42 Å². The SMILES string of the molecule is CC1CC(O)(Cc2nccs2)C1. The third kappa shape index (κ3) is 1.52. The lowest BCUT2D eigenvalue weighted by Gasteiger charge is -2.41. The average Bonchev–Trinajstić information content (AvgIpc) is 2.36. The van der Waals surface area contributed by atoms with Gasteiger partial charge in [-0.15, -0.1) is 11.3 Å². The molecule has 1 heterocycles. The van der Waals surface area contributed by atoms with E-state index in [4.69, 9.17) is 0 Å². The Balaban J connectivity index is 1.96. The quantitative estimate of drug-likeness (QED) is 0.759. The van der Waals surface area contributed by atoms with Crippen molar-refractivity contribution in [3.05, 3.63) is 16.6 Å². The molecule has 1 fully saturated rings. The van der Waals surface area contributed by atoms with Crippen molar-refractivity contribution in [3.63, 3.8) is 0 Å². The van der Waals surface area contributed by atoms with E-state index in [-0.39, 0.29) is 0 Å². The molecule has 1 aromatic rings. The van der Waals surface area contributed by atoms with Gasteiger partial charge >= 0.3 is 0 Å². The molecule has 0 amide bonds. The molecule has 1 saturated carbocycles. The topological polar surface area (TPSA) is 33.1 Å². The molecule has 2 rings (SSSR count). The van der Waals surface area contributed by atoms with Crippen LogP contribution in [0, 0.1) is 5.92 Å². The van der Waals surface area contributed by atoms with Crippen LogP contribution < -0.4 is 0 Å². The summed E-state index contributed by atoms with van der Waals surface area (Å²) in [5.41, 5.74) is -0.433. The first-order valence-electron chi connectivity index (χ1n) is 4.29. The lowest BCUT2D eigenvalue weighted by Crippen LogP contribution is -2.44. The lowest BCUT2D eigenvalue weighted by atomic mass is 9.70. The smallest absolute Gasteiger partial charge is 0.0953 e. The van der Waals surface area contributed by atoms with Crippen molar-refractivity contribution in [3.8, 4) is 0 Å². The molecule has 0 aliphatic heterocycles. The van der Waals surface area contributed by atoms with Gasteiger partial charge in [-0.05, 0) is 18.8 Å². The number of aliphatic hydroxyl groups is 1. The van der Waals surface area contributed by atoms with Crippen LogP contribution in [-0.4, -0.2) is 15.7 Å². The van der Waals surface area contributed by atoms with Gasteiger partial charge in [0.05, 0.1) is 10.6 Å². The fraction of sp³-hybridized carbons (Fsp3) is 0.667. The summed E-state index contributed by atoms with van der Waals surface area (Å²) in [6.07, 6.45) is 4.42. The Labute approximate surface area is 76.3 Å². The largest absolute Gasteiger partial charge is 0.389 e. The van der Waals surface area contributed by atoms with Crippen LogP contribution in [0.1, 0.15) is 24.8 Å². The zero-order valence-corrected chi connectivity index (χ0v) is 7.97. The highest BCUT2D eigenvalue weighted by molar-refractivity contribution is 7.09. The minimum atomic E-state index is -0.433. The number of aromatic nitrogens is 1. The lowest BCUT2D eigenvalue weighted by molar-refractivity contribution is -0.0665. The molecule has 1 aliphatic carbocycles. The van der Waals surface area contributed by atoms with Crippen LogP contribution in [0.25, 0.3) is 0 Å². The third-order valence-corrected chi connectivity index (χ3v) is 3.20. The maximum atomic E-state index is 9.92. The molecule has 1 aromatic heterocycles. The first-order chi connectivity index (χ1) is 5.68. The molecule has 1 N–H and O–H groups in total. The van der Waals surface area contributed by atoms with Crippen LogP contribution in [0.5, 0.6) is 0 Å². The van der Waals surface area contributed by atoms with Gasteiger partial charge in [-0.1, -0.05) is 6.92 Å². The molecule has 0 spiro atoms. The molecule has 0 atom stereocenters. The molecule has 0 radical (unpaired) electrons. The minimum absolute atomic E-state index is 0.433. The third-order valence-electron chi connectivity index (χ3n) is 2.42. The minimum Gasteiger partial charge on any atom is -0.389 e. The van der Waals surface area contributed by atoms with Crippen LogP contribution in [0.15, 0.2) is 11.6 Å². The van der Waals surface area contributed by atoms with Crippen LogP contribution in [0.4, 0.5) is 0 Å². The van der Waals surface area contributed by atoms with E-state index in [1.807, 2.05) is 5.38 Å². The highest BCUT2D eigenvalue weighted by Gasteiger charge is 2.40. The van der Waals surface area contributed by atoms with Crippen molar-refractivity contribution < 1.29 is 5.11 Å². The number of nitrogens with zero attached hydrogens (tertiary/aromatic N) is 1. The van der Waals surface area contributed by atoms with Crippen molar-refractivity contribution in [2.75, 3.05) is 0 Å². The van der Waals surface area contributed by atoms with E-state index in [1.165, 1.54) is 0 Å². The van der Waals surface area contributed by atoms with Crippen molar-refractivity contribution in [2.45, 2.75) is 31.8 Å². The zero-order valence-electron chi connectivity index (χ0n) is 7.16. The summed E-state index contributed by atoms with van der Waals surface area (Å²) in [6, 6.07) is 0. The molecular weight excluding hydrogens is 170 g/mol. The molecule has 0 aromatic carbocycles. The number of rotatable bonds is 2. The maximum Gasteiger partial charge on any atom is 0.0953 e. The molecular formula is C9H13NOS. The first-order valence-corrected chi connectivity index (χ1v) is 5.17. The zero-order chi connectivity index (χ0) is 8.60. The summed E-state index contributed by atoms with van der Waals surface area (Å²) in [6.45, 7) is 2.18. The Bertz CT molecular complexity index is 252. The Morgan fingerprint density at radius 1 is 1.75 bits per heavy atom. The van der Waals surface area contributed by atoms with E-state index in [0.717, 1.165) is 24.3 Å². The molecule has 0 unspecified atom stereocenters. The second kappa shape index (κ2) is 2.82. The second-order valence-corrected chi connectivity index (χ2v) is 4.82. The van der Waals surface area contributed by atoms with Gasteiger partial charge in [0.25, 0.3) is 0 Å². The maximum absolute atomic E-state index is 9.92. The van der Waals surface area contributed by atoms with Gasteiger partial charge in [-0.3, -0.25) is 0 Å². The number of thiazole rings is 1. The predicted octanol–water partition coefficient (Wildman–Crippen LogP) is 1.85. The summed E-state index contributed by atoms with van der Waals surface area (Å²) in [5, 5.41) is 12.9. The Kier molecular flexibility index (Phi) is 1.93. The number of hydrogen-bond acceptors (Lipinski definition) is 3. The summed E-state index contributed by atoms with van der Waals surface area (Å²) in [7, 11) is 0. The van der Waals surface area contributed by atoms with E-state index in [9.17, 15) is 5.11 Å². The normalized spacial score (nSPS) is 34.7. The van der Waals surface area contributed by atoms with E-state index in [0.29, 0.717) is 5.92 Å². The first kappa shape index (κ1) is 8.20. The van der Waals surface area contributed by atoms with Gasteiger partial charge in [-0.2, -0.15) is 0 Å². The highest BCUT2D eigenvalue weighted by Crippen LogP contribution is 2.39. The van der Waals surface area contributed by atoms with Gasteiger partial charge < -0.3 is 5.11 Å². The van der Waals surface area contributed by atoms with Crippen molar-refractivity contribution in [1.29, 1.82) is 0 Å². The molecule has 3 heteroatoms. The highest BCUT2D eigenvalue weighted by atomic mass is 32.1. The van der Waals surface area contributed by atoms with Gasteiger partial charge in [0.1, 0.15) is 0 Å². The molecule has 0 saturated heterocycles. The summed E-state index contributed by atoms with van der Waals surface area (Å²) < 4.78 is 0. The van der Waals surface area contributed by atoms with Crippen LogP contribution in [0.2, 0.25) is 0 Å². The summed E-state index contributed by atoms with van der Waals surface area (Å²) >= 11 is 1.63. The van der Waals surface area contributed by atoms with Crippen LogP contribution in [0.3, 0.4) is 0 Å². The summed E-state index contributed by atoms with van der Waals surface area (Å²) in [5.74, 6) is 0.690. The molecule has 12 heavy (non-hydrogen) atoms.